The predicted molar refractivity (Wildman–Crippen MR) is 102 cm³/mol. The van der Waals surface area contributed by atoms with Gasteiger partial charge in [0.1, 0.15) is 6.10 Å². The average molecular weight is 467 g/mol. The fourth-order valence-electron chi connectivity index (χ4n) is 3.28. The van der Waals surface area contributed by atoms with Crippen LogP contribution in [0.4, 0.5) is 4.79 Å². The highest BCUT2D eigenvalue weighted by Gasteiger charge is 2.32. The van der Waals surface area contributed by atoms with Gasteiger partial charge in [0.25, 0.3) is 0 Å². The number of amides is 3. The minimum atomic E-state index is -0.332. The van der Waals surface area contributed by atoms with Crippen molar-refractivity contribution in [3.8, 4) is 0 Å². The lowest BCUT2D eigenvalue weighted by Gasteiger charge is -2.37. The van der Waals surface area contributed by atoms with Crippen LogP contribution in [0.1, 0.15) is 12.8 Å². The molecule has 3 aliphatic rings. The van der Waals surface area contributed by atoms with Crippen molar-refractivity contribution in [2.24, 2.45) is 4.99 Å². The molecule has 2 unspecified atom stereocenters. The molecule has 2 N–H and O–H groups in total. The van der Waals surface area contributed by atoms with Crippen LogP contribution in [-0.4, -0.2) is 92.9 Å². The third-order valence-electron chi connectivity index (χ3n) is 4.54. The van der Waals surface area contributed by atoms with Crippen LogP contribution in [0.2, 0.25) is 0 Å². The van der Waals surface area contributed by atoms with Crippen LogP contribution in [-0.2, 0) is 14.3 Å². The molecule has 0 radical (unpaired) electrons. The molecule has 2 atom stereocenters. The standard InChI is InChI=1S/C15H25N5O4.HI/c1-16-14(17-4-5-20-13(21)9-18-15(20)22)19-6-8-24-12(10-19)11-3-2-7-23-11;/h11-12H,2-10H2,1H3,(H,16,17)(H,18,22);1H. The molecule has 0 aromatic heterocycles. The largest absolute Gasteiger partial charge is 0.375 e. The SMILES string of the molecule is CN=C(NCCN1C(=O)CNC1=O)N1CCOC(C2CCCO2)C1.I. The summed E-state index contributed by atoms with van der Waals surface area (Å²) < 4.78 is 11.6. The van der Waals surface area contributed by atoms with Crippen molar-refractivity contribution < 1.29 is 19.1 Å². The van der Waals surface area contributed by atoms with E-state index in [0.717, 1.165) is 38.5 Å². The summed E-state index contributed by atoms with van der Waals surface area (Å²) in [5.41, 5.74) is 0. The zero-order valence-corrected chi connectivity index (χ0v) is 16.7. The predicted octanol–water partition coefficient (Wildman–Crippen LogP) is -0.389. The summed E-state index contributed by atoms with van der Waals surface area (Å²) in [6.07, 6.45) is 2.35. The molecule has 3 rings (SSSR count). The van der Waals surface area contributed by atoms with Gasteiger partial charge in [-0.3, -0.25) is 14.7 Å². The second kappa shape index (κ2) is 9.53. The Balaban J connectivity index is 0.00000225. The second-order valence-corrected chi connectivity index (χ2v) is 6.08. The van der Waals surface area contributed by atoms with Gasteiger partial charge in [0.15, 0.2) is 5.96 Å². The molecule has 0 aromatic rings. The molecule has 0 aromatic carbocycles. The molecule has 3 aliphatic heterocycles. The van der Waals surface area contributed by atoms with Gasteiger partial charge in [-0.05, 0) is 12.8 Å². The van der Waals surface area contributed by atoms with E-state index >= 15 is 0 Å². The fraction of sp³-hybridized carbons (Fsp3) is 0.800. The van der Waals surface area contributed by atoms with Gasteiger partial charge in [-0.1, -0.05) is 0 Å². The summed E-state index contributed by atoms with van der Waals surface area (Å²) in [5, 5.41) is 5.73. The van der Waals surface area contributed by atoms with Crippen LogP contribution in [0, 0.1) is 0 Å². The molecule has 0 bridgehead atoms. The number of aliphatic imine (C=N–C) groups is 1. The van der Waals surface area contributed by atoms with Crippen molar-refractivity contribution in [3.05, 3.63) is 0 Å². The molecule has 3 saturated heterocycles. The first-order chi connectivity index (χ1) is 11.7. The number of carbonyl (C=O) groups excluding carboxylic acids is 2. The van der Waals surface area contributed by atoms with Crippen molar-refractivity contribution in [2.75, 3.05) is 53.0 Å². The summed E-state index contributed by atoms with van der Waals surface area (Å²) in [5.74, 6) is 0.565. The van der Waals surface area contributed by atoms with Gasteiger partial charge < -0.3 is 25.0 Å². The van der Waals surface area contributed by atoms with Crippen molar-refractivity contribution in [1.29, 1.82) is 0 Å². The quantitative estimate of drug-likeness (QED) is 0.253. The van der Waals surface area contributed by atoms with Crippen LogP contribution in [0.3, 0.4) is 0 Å². The molecule has 25 heavy (non-hydrogen) atoms. The van der Waals surface area contributed by atoms with E-state index in [1.54, 1.807) is 7.05 Å². The Kier molecular flexibility index (Phi) is 7.69. The third kappa shape index (κ3) is 4.94. The molecular weight excluding hydrogens is 441 g/mol. The van der Waals surface area contributed by atoms with Crippen LogP contribution in [0.5, 0.6) is 0 Å². The van der Waals surface area contributed by atoms with Crippen LogP contribution < -0.4 is 10.6 Å². The fourth-order valence-corrected chi connectivity index (χ4v) is 3.28. The Morgan fingerprint density at radius 3 is 2.76 bits per heavy atom. The maximum absolute atomic E-state index is 11.6. The molecular formula is C15H26IN5O4. The number of nitrogens with one attached hydrogen (secondary N) is 2. The maximum Gasteiger partial charge on any atom is 0.324 e. The van der Waals surface area contributed by atoms with E-state index in [2.05, 4.69) is 20.5 Å². The number of ether oxygens (including phenoxy) is 2. The zero-order valence-electron chi connectivity index (χ0n) is 14.4. The molecule has 10 heteroatoms. The van der Waals surface area contributed by atoms with Gasteiger partial charge in [-0.2, -0.15) is 0 Å². The van der Waals surface area contributed by atoms with Gasteiger partial charge in [0.2, 0.25) is 5.91 Å². The van der Waals surface area contributed by atoms with Crippen LogP contribution in [0.25, 0.3) is 0 Å². The normalized spacial score (nSPS) is 27.3. The Hall–Kier alpha value is -1.14. The second-order valence-electron chi connectivity index (χ2n) is 6.08. The van der Waals surface area contributed by atoms with Gasteiger partial charge in [0.05, 0.1) is 19.3 Å². The topological polar surface area (TPSA) is 95.5 Å². The molecule has 3 amide bonds. The number of hydrogen-bond acceptors (Lipinski definition) is 5. The molecule has 0 saturated carbocycles. The summed E-state index contributed by atoms with van der Waals surface area (Å²) >= 11 is 0. The number of morpholine rings is 1. The van der Waals surface area contributed by atoms with Crippen molar-refractivity contribution in [1.82, 2.24) is 20.4 Å². The van der Waals surface area contributed by atoms with E-state index < -0.39 is 0 Å². The number of guanidine groups is 1. The molecule has 0 aliphatic carbocycles. The Labute approximate surface area is 164 Å². The van der Waals surface area contributed by atoms with E-state index in [4.69, 9.17) is 9.47 Å². The highest BCUT2D eigenvalue weighted by Crippen LogP contribution is 2.20. The Morgan fingerprint density at radius 1 is 1.32 bits per heavy atom. The number of rotatable bonds is 4. The van der Waals surface area contributed by atoms with Crippen molar-refractivity contribution in [2.45, 2.75) is 25.0 Å². The van der Waals surface area contributed by atoms with E-state index in [1.807, 2.05) is 0 Å². The monoisotopic (exact) mass is 467 g/mol. The highest BCUT2D eigenvalue weighted by atomic mass is 127. The minimum absolute atomic E-state index is 0. The Bertz CT molecular complexity index is 496. The van der Waals surface area contributed by atoms with E-state index in [-0.39, 0.29) is 54.7 Å². The first-order valence-electron chi connectivity index (χ1n) is 8.46. The molecule has 3 heterocycles. The summed E-state index contributed by atoms with van der Waals surface area (Å²) in [7, 11) is 1.73. The van der Waals surface area contributed by atoms with Gasteiger partial charge in [-0.25, -0.2) is 4.79 Å². The summed E-state index contributed by atoms with van der Waals surface area (Å²) in [6, 6.07) is -0.332. The number of carbonyl (C=O) groups is 2. The molecule has 0 spiro atoms. The zero-order chi connectivity index (χ0) is 16.9. The number of imide groups is 1. The van der Waals surface area contributed by atoms with E-state index in [9.17, 15) is 9.59 Å². The van der Waals surface area contributed by atoms with Crippen LogP contribution in [0.15, 0.2) is 4.99 Å². The Morgan fingerprint density at radius 2 is 2.12 bits per heavy atom. The molecule has 9 nitrogen and oxygen atoms in total. The maximum atomic E-state index is 11.6. The smallest absolute Gasteiger partial charge is 0.324 e. The average Bonchev–Trinajstić information content (AvgIpc) is 3.24. The van der Waals surface area contributed by atoms with Gasteiger partial charge in [-0.15, -0.1) is 24.0 Å². The first kappa shape index (κ1) is 20.2. The van der Waals surface area contributed by atoms with Crippen LogP contribution >= 0.6 is 24.0 Å². The van der Waals surface area contributed by atoms with Gasteiger partial charge in [0, 0.05) is 39.8 Å². The summed E-state index contributed by atoms with van der Waals surface area (Å²) in [6.45, 7) is 3.80. The number of urea groups is 1. The van der Waals surface area contributed by atoms with Gasteiger partial charge >= 0.3 is 6.03 Å². The third-order valence-corrected chi connectivity index (χ3v) is 4.54. The highest BCUT2D eigenvalue weighted by molar-refractivity contribution is 14.0. The lowest BCUT2D eigenvalue weighted by molar-refractivity contribution is -0.124. The minimum Gasteiger partial charge on any atom is -0.375 e. The molecule has 142 valence electrons. The number of hydrogen-bond donors (Lipinski definition) is 2. The number of nitrogens with zero attached hydrogens (tertiary/aromatic N) is 3. The van der Waals surface area contributed by atoms with E-state index in [1.165, 1.54) is 4.90 Å². The molecule has 3 fully saturated rings. The lowest BCUT2D eigenvalue weighted by Crippen LogP contribution is -2.54. The number of halogens is 1. The van der Waals surface area contributed by atoms with Crippen molar-refractivity contribution >= 4 is 41.9 Å². The lowest BCUT2D eigenvalue weighted by atomic mass is 10.1. The summed E-state index contributed by atoms with van der Waals surface area (Å²) in [4.78, 5) is 30.7. The van der Waals surface area contributed by atoms with E-state index in [0.29, 0.717) is 19.7 Å². The first-order valence-corrected chi connectivity index (χ1v) is 8.46. The van der Waals surface area contributed by atoms with Crippen molar-refractivity contribution in [3.63, 3.8) is 0 Å².